The van der Waals surface area contributed by atoms with E-state index in [0.717, 1.165) is 11.1 Å². The molecule has 0 radical (unpaired) electrons. The van der Waals surface area contributed by atoms with Crippen LogP contribution in [0.25, 0.3) is 11.1 Å². The van der Waals surface area contributed by atoms with E-state index in [9.17, 15) is 4.79 Å². The number of nitrogens with one attached hydrogen (secondary N) is 1. The van der Waals surface area contributed by atoms with Gasteiger partial charge in [0, 0.05) is 18.0 Å². The average Bonchev–Trinajstić information content (AvgIpc) is 2.23. The molecule has 2 aromatic rings. The highest BCUT2D eigenvalue weighted by Crippen LogP contribution is 2.27. The lowest BCUT2D eigenvalue weighted by Gasteiger charge is -2.01. The van der Waals surface area contributed by atoms with Crippen molar-refractivity contribution >= 4 is 23.2 Å². The number of H-pyrrole nitrogens is 1. The molecule has 0 aliphatic carbocycles. The molecule has 15 heavy (non-hydrogen) atoms. The van der Waals surface area contributed by atoms with Gasteiger partial charge in [-0.25, -0.2) is 9.78 Å². The van der Waals surface area contributed by atoms with Gasteiger partial charge in [0.2, 0.25) is 0 Å². The summed E-state index contributed by atoms with van der Waals surface area (Å²) in [7, 11) is 0. The number of rotatable bonds is 1. The number of hydrogen-bond acceptors (Lipinski definition) is 2. The summed E-state index contributed by atoms with van der Waals surface area (Å²) in [5, 5.41) is 0.971. The maximum Gasteiger partial charge on any atom is 0.344 e. The normalized spacial score (nSPS) is 10.3. The zero-order chi connectivity index (χ0) is 10.8. The molecule has 2 rings (SSSR count). The second-order valence-electron chi connectivity index (χ2n) is 2.94. The van der Waals surface area contributed by atoms with Gasteiger partial charge in [0.25, 0.3) is 0 Å². The fraction of sp³-hybridized carbons (Fsp3) is 0. The van der Waals surface area contributed by atoms with E-state index in [4.69, 9.17) is 23.2 Å². The first kappa shape index (κ1) is 10.2. The van der Waals surface area contributed by atoms with Crippen molar-refractivity contribution in [3.63, 3.8) is 0 Å². The predicted molar refractivity (Wildman–Crippen MR) is 60.3 cm³/mol. The average molecular weight is 241 g/mol. The van der Waals surface area contributed by atoms with Crippen LogP contribution in [0.3, 0.4) is 0 Å². The number of halogens is 2. The van der Waals surface area contributed by atoms with Gasteiger partial charge < -0.3 is 4.98 Å². The van der Waals surface area contributed by atoms with Gasteiger partial charge in [0.1, 0.15) is 0 Å². The van der Waals surface area contributed by atoms with Crippen LogP contribution in [-0.2, 0) is 0 Å². The highest BCUT2D eigenvalue weighted by molar-refractivity contribution is 6.42. The van der Waals surface area contributed by atoms with Crippen LogP contribution in [0.2, 0.25) is 10.0 Å². The Hall–Kier alpha value is -1.32. The van der Waals surface area contributed by atoms with Crippen molar-refractivity contribution in [3.8, 4) is 11.1 Å². The van der Waals surface area contributed by atoms with E-state index in [0.29, 0.717) is 10.0 Å². The lowest BCUT2D eigenvalue weighted by molar-refractivity contribution is 1.08. The van der Waals surface area contributed by atoms with E-state index in [2.05, 4.69) is 9.97 Å². The molecule has 76 valence electrons. The smallest absolute Gasteiger partial charge is 0.312 e. The Bertz CT molecular complexity index is 531. The number of hydrogen-bond donors (Lipinski definition) is 1. The van der Waals surface area contributed by atoms with Crippen LogP contribution >= 0.6 is 23.2 Å². The van der Waals surface area contributed by atoms with Crippen LogP contribution in [-0.4, -0.2) is 9.97 Å². The number of nitrogens with zero attached hydrogens (tertiary/aromatic N) is 1. The molecule has 3 nitrogen and oxygen atoms in total. The highest BCUT2D eigenvalue weighted by atomic mass is 35.5. The van der Waals surface area contributed by atoms with E-state index in [-0.39, 0.29) is 5.69 Å². The van der Waals surface area contributed by atoms with Crippen LogP contribution in [0.15, 0.2) is 35.4 Å². The van der Waals surface area contributed by atoms with E-state index in [1.54, 1.807) is 18.3 Å². The van der Waals surface area contributed by atoms with Gasteiger partial charge in [-0.15, -0.1) is 0 Å². The molecule has 0 aliphatic heterocycles. The fourth-order valence-corrected chi connectivity index (χ4v) is 1.47. The molecule has 0 amide bonds. The quantitative estimate of drug-likeness (QED) is 0.834. The maximum absolute atomic E-state index is 10.8. The molecule has 0 saturated heterocycles. The first-order chi connectivity index (χ1) is 7.16. The molecule has 1 heterocycles. The van der Waals surface area contributed by atoms with Gasteiger partial charge in [0.05, 0.1) is 10.0 Å². The number of benzene rings is 1. The van der Waals surface area contributed by atoms with Crippen LogP contribution in [0.5, 0.6) is 0 Å². The van der Waals surface area contributed by atoms with Crippen molar-refractivity contribution < 1.29 is 0 Å². The molecule has 1 aromatic heterocycles. The Morgan fingerprint density at radius 3 is 2.53 bits per heavy atom. The largest absolute Gasteiger partial charge is 0.344 e. The Kier molecular flexibility index (Phi) is 2.75. The molecule has 0 fully saturated rings. The minimum atomic E-state index is -0.376. The Morgan fingerprint density at radius 1 is 1.13 bits per heavy atom. The van der Waals surface area contributed by atoms with E-state index in [1.165, 1.54) is 6.20 Å². The van der Waals surface area contributed by atoms with Crippen LogP contribution in [0.4, 0.5) is 0 Å². The van der Waals surface area contributed by atoms with Crippen LogP contribution in [0, 0.1) is 0 Å². The summed E-state index contributed by atoms with van der Waals surface area (Å²) in [6.45, 7) is 0. The SMILES string of the molecule is O=c1ncc(-c2ccc(Cl)c(Cl)c2)c[nH]1. The van der Waals surface area contributed by atoms with Crippen molar-refractivity contribution in [2.24, 2.45) is 0 Å². The summed E-state index contributed by atoms with van der Waals surface area (Å²) in [6, 6.07) is 5.23. The molecule has 1 N–H and O–H groups in total. The summed E-state index contributed by atoms with van der Waals surface area (Å²) in [6.07, 6.45) is 3.06. The Balaban J connectivity index is 2.50. The standard InChI is InChI=1S/C10H6Cl2N2O/c11-8-2-1-6(3-9(8)12)7-4-13-10(15)14-5-7/h1-5H,(H,13,14,15). The summed E-state index contributed by atoms with van der Waals surface area (Å²) in [5.74, 6) is 0. The van der Waals surface area contributed by atoms with Gasteiger partial charge >= 0.3 is 5.69 Å². The molecule has 0 aliphatic rings. The van der Waals surface area contributed by atoms with Crippen molar-refractivity contribution in [1.29, 1.82) is 0 Å². The molecule has 0 saturated carbocycles. The molecule has 0 atom stereocenters. The first-order valence-electron chi connectivity index (χ1n) is 4.17. The number of aromatic nitrogens is 2. The summed E-state index contributed by atoms with van der Waals surface area (Å²) in [5.41, 5.74) is 1.26. The van der Waals surface area contributed by atoms with Crippen molar-refractivity contribution in [3.05, 3.63) is 51.1 Å². The van der Waals surface area contributed by atoms with Crippen molar-refractivity contribution in [1.82, 2.24) is 9.97 Å². The summed E-state index contributed by atoms with van der Waals surface area (Å²) >= 11 is 11.7. The Morgan fingerprint density at radius 2 is 1.93 bits per heavy atom. The molecule has 5 heteroatoms. The summed E-state index contributed by atoms with van der Waals surface area (Å²) in [4.78, 5) is 16.9. The number of aromatic amines is 1. The topological polar surface area (TPSA) is 45.8 Å². The lowest BCUT2D eigenvalue weighted by Crippen LogP contribution is -2.07. The van der Waals surface area contributed by atoms with Gasteiger partial charge in [-0.1, -0.05) is 29.3 Å². The molecule has 0 unspecified atom stereocenters. The van der Waals surface area contributed by atoms with Crippen molar-refractivity contribution in [2.75, 3.05) is 0 Å². The van der Waals surface area contributed by atoms with E-state index >= 15 is 0 Å². The molecule has 0 bridgehead atoms. The third-order valence-electron chi connectivity index (χ3n) is 1.92. The molecule has 0 spiro atoms. The third kappa shape index (κ3) is 2.19. The van der Waals surface area contributed by atoms with Gasteiger partial charge in [-0.05, 0) is 17.7 Å². The zero-order valence-electron chi connectivity index (χ0n) is 7.50. The Labute approximate surface area is 95.7 Å². The van der Waals surface area contributed by atoms with Crippen LogP contribution < -0.4 is 5.69 Å². The van der Waals surface area contributed by atoms with Crippen molar-refractivity contribution in [2.45, 2.75) is 0 Å². The zero-order valence-corrected chi connectivity index (χ0v) is 9.01. The first-order valence-corrected chi connectivity index (χ1v) is 4.92. The third-order valence-corrected chi connectivity index (χ3v) is 2.66. The van der Waals surface area contributed by atoms with Crippen LogP contribution in [0.1, 0.15) is 0 Å². The lowest BCUT2D eigenvalue weighted by atomic mass is 10.1. The van der Waals surface area contributed by atoms with Gasteiger partial charge in [-0.2, -0.15) is 0 Å². The second kappa shape index (κ2) is 4.04. The second-order valence-corrected chi connectivity index (χ2v) is 3.75. The minimum Gasteiger partial charge on any atom is -0.312 e. The van der Waals surface area contributed by atoms with E-state index in [1.807, 2.05) is 6.07 Å². The maximum atomic E-state index is 10.8. The fourth-order valence-electron chi connectivity index (χ4n) is 1.18. The summed E-state index contributed by atoms with van der Waals surface area (Å²) < 4.78 is 0. The van der Waals surface area contributed by atoms with Gasteiger partial charge in [-0.3, -0.25) is 0 Å². The van der Waals surface area contributed by atoms with E-state index < -0.39 is 0 Å². The molecular formula is C10H6Cl2N2O. The highest BCUT2D eigenvalue weighted by Gasteiger charge is 2.02. The molecular weight excluding hydrogens is 235 g/mol. The minimum absolute atomic E-state index is 0.376. The predicted octanol–water partition coefficient (Wildman–Crippen LogP) is 2.74. The monoisotopic (exact) mass is 240 g/mol. The van der Waals surface area contributed by atoms with Gasteiger partial charge in [0.15, 0.2) is 0 Å². The molecule has 1 aromatic carbocycles.